The van der Waals surface area contributed by atoms with Crippen molar-refractivity contribution in [1.82, 2.24) is 20.5 Å². The first-order valence-corrected chi connectivity index (χ1v) is 7.67. The third-order valence-corrected chi connectivity index (χ3v) is 3.97. The van der Waals surface area contributed by atoms with E-state index in [4.69, 9.17) is 0 Å². The van der Waals surface area contributed by atoms with Crippen LogP contribution in [0.3, 0.4) is 0 Å². The van der Waals surface area contributed by atoms with Crippen LogP contribution >= 0.6 is 0 Å². The minimum absolute atomic E-state index is 0.656. The molecule has 5 nitrogen and oxygen atoms in total. The quantitative estimate of drug-likeness (QED) is 0.741. The first-order valence-electron chi connectivity index (χ1n) is 7.67. The van der Waals surface area contributed by atoms with Gasteiger partial charge in [-0.15, -0.1) is 5.10 Å². The predicted molar refractivity (Wildman–Crippen MR) is 78.5 cm³/mol. The van der Waals surface area contributed by atoms with Gasteiger partial charge in [0.2, 0.25) is 5.95 Å². The molecule has 108 valence electrons. The van der Waals surface area contributed by atoms with Crippen molar-refractivity contribution >= 4 is 5.95 Å². The van der Waals surface area contributed by atoms with Gasteiger partial charge in [0.1, 0.15) is 5.82 Å². The van der Waals surface area contributed by atoms with Crippen LogP contribution in [-0.2, 0) is 6.42 Å². The second kappa shape index (κ2) is 7.48. The largest absolute Gasteiger partial charge is 0.339 e. The Hall–Kier alpha value is -1.10. The molecule has 0 unspecified atom stereocenters. The van der Waals surface area contributed by atoms with Crippen molar-refractivity contribution in [2.24, 2.45) is 0 Å². The Balaban J connectivity index is 1.77. The Morgan fingerprint density at radius 3 is 2.74 bits per heavy atom. The zero-order chi connectivity index (χ0) is 13.5. The summed E-state index contributed by atoms with van der Waals surface area (Å²) >= 11 is 0. The molecule has 2 N–H and O–H groups in total. The number of hydrogen-bond acceptors (Lipinski definition) is 4. The van der Waals surface area contributed by atoms with Crippen LogP contribution in [0.4, 0.5) is 5.95 Å². The lowest BCUT2D eigenvalue weighted by Gasteiger charge is -2.30. The van der Waals surface area contributed by atoms with E-state index in [1.165, 1.54) is 38.5 Å². The minimum atomic E-state index is 0.656. The lowest BCUT2D eigenvalue weighted by molar-refractivity contribution is 0.439. The van der Waals surface area contributed by atoms with Crippen LogP contribution in [0.25, 0.3) is 0 Å². The highest BCUT2D eigenvalue weighted by molar-refractivity contribution is 5.29. The number of piperidine rings is 1. The molecule has 1 saturated heterocycles. The molecule has 2 rings (SSSR count). The van der Waals surface area contributed by atoms with Gasteiger partial charge in [0.15, 0.2) is 0 Å². The summed E-state index contributed by atoms with van der Waals surface area (Å²) in [6.07, 6.45) is 8.48. The average molecular weight is 265 g/mol. The van der Waals surface area contributed by atoms with Crippen molar-refractivity contribution in [3.63, 3.8) is 0 Å². The van der Waals surface area contributed by atoms with E-state index in [0.717, 1.165) is 31.3 Å². The smallest absolute Gasteiger partial charge is 0.244 e. The zero-order valence-corrected chi connectivity index (χ0v) is 12.3. The maximum absolute atomic E-state index is 4.62. The summed E-state index contributed by atoms with van der Waals surface area (Å²) in [6, 6.07) is 0.656. The maximum Gasteiger partial charge on any atom is 0.244 e. The molecule has 0 aromatic carbocycles. The molecule has 2 heterocycles. The summed E-state index contributed by atoms with van der Waals surface area (Å²) in [5.74, 6) is 1.93. The lowest BCUT2D eigenvalue weighted by atomic mass is 10.1. The van der Waals surface area contributed by atoms with Crippen molar-refractivity contribution in [2.75, 3.05) is 25.0 Å². The first-order chi connectivity index (χ1) is 9.33. The third-order valence-electron chi connectivity index (χ3n) is 3.97. The number of hydrogen-bond donors (Lipinski definition) is 2. The summed E-state index contributed by atoms with van der Waals surface area (Å²) < 4.78 is 0. The molecule has 1 fully saturated rings. The van der Waals surface area contributed by atoms with Crippen LogP contribution in [-0.4, -0.2) is 41.4 Å². The molecule has 1 aliphatic heterocycles. The molecule has 1 aromatic rings. The summed E-state index contributed by atoms with van der Waals surface area (Å²) in [7, 11) is 2.04. The Kier molecular flexibility index (Phi) is 5.63. The molecular formula is C14H27N5. The van der Waals surface area contributed by atoms with Crippen LogP contribution in [0.2, 0.25) is 0 Å². The second-order valence-electron chi connectivity index (χ2n) is 5.44. The number of aryl methyl sites for hydroxylation is 1. The number of nitrogens with zero attached hydrogens (tertiary/aromatic N) is 3. The van der Waals surface area contributed by atoms with Crippen molar-refractivity contribution in [2.45, 2.75) is 57.9 Å². The maximum atomic E-state index is 4.62. The van der Waals surface area contributed by atoms with Gasteiger partial charge in [-0.25, -0.2) is 0 Å². The number of aromatic nitrogens is 3. The van der Waals surface area contributed by atoms with Gasteiger partial charge in [0.25, 0.3) is 0 Å². The van der Waals surface area contributed by atoms with Gasteiger partial charge >= 0.3 is 0 Å². The van der Waals surface area contributed by atoms with Crippen molar-refractivity contribution < 1.29 is 0 Å². The van der Waals surface area contributed by atoms with E-state index in [2.05, 4.69) is 32.3 Å². The Bertz CT molecular complexity index is 354. The average Bonchev–Trinajstić information content (AvgIpc) is 2.92. The first kappa shape index (κ1) is 14.3. The Morgan fingerprint density at radius 2 is 2.05 bits per heavy atom. The summed E-state index contributed by atoms with van der Waals surface area (Å²) in [5, 5.41) is 10.8. The van der Waals surface area contributed by atoms with Gasteiger partial charge in [-0.05, 0) is 26.3 Å². The Morgan fingerprint density at radius 1 is 1.26 bits per heavy atom. The minimum Gasteiger partial charge on any atom is -0.339 e. The summed E-state index contributed by atoms with van der Waals surface area (Å²) in [4.78, 5) is 6.91. The molecule has 0 radical (unpaired) electrons. The highest BCUT2D eigenvalue weighted by Crippen LogP contribution is 2.16. The molecule has 0 saturated carbocycles. The van der Waals surface area contributed by atoms with Gasteiger partial charge in [-0.2, -0.15) is 4.98 Å². The molecule has 1 aliphatic rings. The van der Waals surface area contributed by atoms with E-state index >= 15 is 0 Å². The third kappa shape index (κ3) is 4.20. The fourth-order valence-corrected chi connectivity index (χ4v) is 2.63. The van der Waals surface area contributed by atoms with Gasteiger partial charge in [-0.1, -0.05) is 26.2 Å². The van der Waals surface area contributed by atoms with Gasteiger partial charge < -0.3 is 10.2 Å². The van der Waals surface area contributed by atoms with Crippen LogP contribution < -0.4 is 10.2 Å². The van der Waals surface area contributed by atoms with E-state index in [1.807, 2.05) is 7.05 Å². The standard InChI is InChI=1S/C14H27N5/c1-3-4-5-6-7-13-16-14(18-17-13)19-10-8-12(15-2)9-11-19/h12,15H,3-11H2,1-2H3,(H,16,17,18). The summed E-state index contributed by atoms with van der Waals surface area (Å²) in [6.45, 7) is 4.35. The fraction of sp³-hybridized carbons (Fsp3) is 0.857. The number of rotatable bonds is 7. The van der Waals surface area contributed by atoms with Crippen LogP contribution in [0, 0.1) is 0 Å². The highest BCUT2D eigenvalue weighted by atomic mass is 15.4. The summed E-state index contributed by atoms with van der Waals surface area (Å²) in [5.41, 5.74) is 0. The fourth-order valence-electron chi connectivity index (χ4n) is 2.63. The molecule has 0 spiro atoms. The van der Waals surface area contributed by atoms with E-state index in [0.29, 0.717) is 6.04 Å². The molecule has 19 heavy (non-hydrogen) atoms. The van der Waals surface area contributed by atoms with Crippen molar-refractivity contribution in [1.29, 1.82) is 0 Å². The predicted octanol–water partition coefficient (Wildman–Crippen LogP) is 2.12. The van der Waals surface area contributed by atoms with E-state index in [-0.39, 0.29) is 0 Å². The normalized spacial score (nSPS) is 17.1. The van der Waals surface area contributed by atoms with Crippen LogP contribution in [0.1, 0.15) is 51.3 Å². The molecule has 0 amide bonds. The molecule has 1 aromatic heterocycles. The number of nitrogens with one attached hydrogen (secondary N) is 2. The molecular weight excluding hydrogens is 238 g/mol. The van der Waals surface area contributed by atoms with E-state index in [9.17, 15) is 0 Å². The van der Waals surface area contributed by atoms with Gasteiger partial charge in [-0.3, -0.25) is 5.10 Å². The van der Waals surface area contributed by atoms with Crippen LogP contribution in [0.15, 0.2) is 0 Å². The number of anilines is 1. The van der Waals surface area contributed by atoms with E-state index < -0.39 is 0 Å². The molecule has 0 bridgehead atoms. The van der Waals surface area contributed by atoms with Crippen molar-refractivity contribution in [3.8, 4) is 0 Å². The number of unbranched alkanes of at least 4 members (excludes halogenated alkanes) is 3. The topological polar surface area (TPSA) is 56.8 Å². The van der Waals surface area contributed by atoms with E-state index in [1.54, 1.807) is 0 Å². The SMILES string of the molecule is CCCCCCc1nc(N2CCC(NC)CC2)n[nH]1. The van der Waals surface area contributed by atoms with Gasteiger partial charge in [0, 0.05) is 25.6 Å². The zero-order valence-electron chi connectivity index (χ0n) is 12.3. The lowest BCUT2D eigenvalue weighted by Crippen LogP contribution is -2.41. The molecule has 0 aliphatic carbocycles. The van der Waals surface area contributed by atoms with Crippen molar-refractivity contribution in [3.05, 3.63) is 5.82 Å². The highest BCUT2D eigenvalue weighted by Gasteiger charge is 2.20. The Labute approximate surface area is 116 Å². The second-order valence-corrected chi connectivity index (χ2v) is 5.44. The molecule has 5 heteroatoms. The monoisotopic (exact) mass is 265 g/mol. The van der Waals surface area contributed by atoms with Gasteiger partial charge in [0.05, 0.1) is 0 Å². The number of H-pyrrole nitrogens is 1. The number of aromatic amines is 1. The van der Waals surface area contributed by atoms with Crippen LogP contribution in [0.5, 0.6) is 0 Å². The molecule has 0 atom stereocenters.